The lowest BCUT2D eigenvalue weighted by molar-refractivity contribution is -0.141. The van der Waals surface area contributed by atoms with Crippen LogP contribution >= 0.6 is 0 Å². The average Bonchev–Trinajstić information content (AvgIpc) is 2.59. The first kappa shape index (κ1) is 10.7. The van der Waals surface area contributed by atoms with Gasteiger partial charge in [0, 0.05) is 25.9 Å². The van der Waals surface area contributed by atoms with Gasteiger partial charge in [-0.2, -0.15) is 0 Å². The van der Waals surface area contributed by atoms with Crippen molar-refractivity contribution < 1.29 is 14.6 Å². The first-order chi connectivity index (χ1) is 6.74. The van der Waals surface area contributed by atoms with Crippen molar-refractivity contribution in [2.75, 3.05) is 6.61 Å². The summed E-state index contributed by atoms with van der Waals surface area (Å²) in [6.45, 7) is 2.42. The SMILES string of the molecule is CC(=O)OCCCn1ccnc1CO. The predicted molar refractivity (Wildman–Crippen MR) is 49.4 cm³/mol. The molecule has 0 amide bonds. The number of rotatable bonds is 5. The van der Waals surface area contributed by atoms with Gasteiger partial charge in [0.25, 0.3) is 0 Å². The van der Waals surface area contributed by atoms with Gasteiger partial charge in [-0.15, -0.1) is 0 Å². The zero-order valence-electron chi connectivity index (χ0n) is 8.14. The van der Waals surface area contributed by atoms with Crippen LogP contribution in [0.25, 0.3) is 0 Å². The summed E-state index contributed by atoms with van der Waals surface area (Å²) in [6, 6.07) is 0. The summed E-state index contributed by atoms with van der Waals surface area (Å²) < 4.78 is 6.62. The van der Waals surface area contributed by atoms with Gasteiger partial charge in [0.05, 0.1) is 6.61 Å². The summed E-state index contributed by atoms with van der Waals surface area (Å²) in [5, 5.41) is 8.88. The van der Waals surface area contributed by atoms with E-state index < -0.39 is 0 Å². The van der Waals surface area contributed by atoms with Crippen LogP contribution in [0.5, 0.6) is 0 Å². The highest BCUT2D eigenvalue weighted by Gasteiger charge is 2.00. The highest BCUT2D eigenvalue weighted by atomic mass is 16.5. The standard InChI is InChI=1S/C9H14N2O3/c1-8(13)14-6-2-4-11-5-3-10-9(11)7-12/h3,5,12H,2,4,6-7H2,1H3. The molecule has 0 bridgehead atoms. The van der Waals surface area contributed by atoms with E-state index in [1.54, 1.807) is 12.4 Å². The molecule has 0 radical (unpaired) electrons. The summed E-state index contributed by atoms with van der Waals surface area (Å²) in [5.41, 5.74) is 0. The van der Waals surface area contributed by atoms with Crippen LogP contribution in [0.3, 0.4) is 0 Å². The molecule has 0 aliphatic heterocycles. The summed E-state index contributed by atoms with van der Waals surface area (Å²) in [4.78, 5) is 14.4. The van der Waals surface area contributed by atoms with E-state index in [4.69, 9.17) is 9.84 Å². The molecule has 0 spiro atoms. The van der Waals surface area contributed by atoms with E-state index in [2.05, 4.69) is 4.98 Å². The van der Waals surface area contributed by atoms with E-state index in [9.17, 15) is 4.79 Å². The molecule has 0 fully saturated rings. The number of carbonyl (C=O) groups excluding carboxylic acids is 1. The van der Waals surface area contributed by atoms with Crippen molar-refractivity contribution in [2.45, 2.75) is 26.5 Å². The van der Waals surface area contributed by atoms with Crippen LogP contribution in [0.2, 0.25) is 0 Å². The van der Waals surface area contributed by atoms with Crippen LogP contribution in [0.1, 0.15) is 19.2 Å². The monoisotopic (exact) mass is 198 g/mol. The average molecular weight is 198 g/mol. The molecule has 0 saturated carbocycles. The molecule has 1 heterocycles. The van der Waals surface area contributed by atoms with Crippen molar-refractivity contribution in [3.8, 4) is 0 Å². The van der Waals surface area contributed by atoms with Gasteiger partial charge in [0.1, 0.15) is 12.4 Å². The van der Waals surface area contributed by atoms with Gasteiger partial charge in [-0.3, -0.25) is 4.79 Å². The maximum atomic E-state index is 10.4. The Morgan fingerprint density at radius 2 is 2.50 bits per heavy atom. The van der Waals surface area contributed by atoms with Crippen LogP contribution in [-0.2, 0) is 22.7 Å². The highest BCUT2D eigenvalue weighted by molar-refractivity contribution is 5.65. The Kier molecular flexibility index (Phi) is 4.12. The largest absolute Gasteiger partial charge is 0.466 e. The molecule has 1 rings (SSSR count). The van der Waals surface area contributed by atoms with E-state index >= 15 is 0 Å². The zero-order valence-corrected chi connectivity index (χ0v) is 8.14. The highest BCUT2D eigenvalue weighted by Crippen LogP contribution is 1.99. The molecule has 1 aromatic heterocycles. The minimum absolute atomic E-state index is 0.0689. The third kappa shape index (κ3) is 3.18. The molecule has 78 valence electrons. The lowest BCUT2D eigenvalue weighted by Gasteiger charge is -2.05. The van der Waals surface area contributed by atoms with E-state index in [0.717, 1.165) is 6.42 Å². The summed E-state index contributed by atoms with van der Waals surface area (Å²) in [7, 11) is 0. The molecule has 1 N–H and O–H groups in total. The molecule has 5 nitrogen and oxygen atoms in total. The van der Waals surface area contributed by atoms with E-state index in [1.165, 1.54) is 6.92 Å². The number of aromatic nitrogens is 2. The number of esters is 1. The van der Waals surface area contributed by atoms with Gasteiger partial charge in [0.2, 0.25) is 0 Å². The maximum absolute atomic E-state index is 10.4. The van der Waals surface area contributed by atoms with Gasteiger partial charge in [0.15, 0.2) is 0 Å². The number of ether oxygens (including phenoxy) is 1. The van der Waals surface area contributed by atoms with Crippen molar-refractivity contribution in [3.63, 3.8) is 0 Å². The normalized spacial score (nSPS) is 10.1. The van der Waals surface area contributed by atoms with Gasteiger partial charge in [-0.1, -0.05) is 0 Å². The van der Waals surface area contributed by atoms with Crippen molar-refractivity contribution in [2.24, 2.45) is 0 Å². The molecule has 14 heavy (non-hydrogen) atoms. The van der Waals surface area contributed by atoms with E-state index in [1.807, 2.05) is 4.57 Å². The topological polar surface area (TPSA) is 64.4 Å². The quantitative estimate of drug-likeness (QED) is 0.547. The maximum Gasteiger partial charge on any atom is 0.302 e. The molecule has 0 aromatic carbocycles. The molecule has 0 unspecified atom stereocenters. The fourth-order valence-corrected chi connectivity index (χ4v) is 1.15. The lowest BCUT2D eigenvalue weighted by Crippen LogP contribution is -2.07. The molecule has 0 aliphatic carbocycles. The molecule has 5 heteroatoms. The molecular formula is C9H14N2O3. The Labute approximate surface area is 82.3 Å². The second kappa shape index (κ2) is 5.39. The number of aliphatic hydroxyl groups is 1. The van der Waals surface area contributed by atoms with Crippen molar-refractivity contribution >= 4 is 5.97 Å². The van der Waals surface area contributed by atoms with Crippen LogP contribution < -0.4 is 0 Å². The number of carbonyl (C=O) groups is 1. The summed E-state index contributed by atoms with van der Waals surface area (Å²) in [5.74, 6) is 0.367. The minimum Gasteiger partial charge on any atom is -0.466 e. The Morgan fingerprint density at radius 1 is 1.71 bits per heavy atom. The van der Waals surface area contributed by atoms with Crippen molar-refractivity contribution in [1.82, 2.24) is 9.55 Å². The molecule has 0 saturated heterocycles. The van der Waals surface area contributed by atoms with Crippen LogP contribution in [0, 0.1) is 0 Å². The molecular weight excluding hydrogens is 184 g/mol. The van der Waals surface area contributed by atoms with E-state index in [0.29, 0.717) is 19.0 Å². The molecule has 0 aliphatic rings. The van der Waals surface area contributed by atoms with Gasteiger partial charge < -0.3 is 14.4 Å². The third-order valence-electron chi connectivity index (χ3n) is 1.79. The number of imidazole rings is 1. The number of aliphatic hydroxyl groups excluding tert-OH is 1. The predicted octanol–water partition coefficient (Wildman–Crippen LogP) is 0.329. The fraction of sp³-hybridized carbons (Fsp3) is 0.556. The fourth-order valence-electron chi connectivity index (χ4n) is 1.15. The van der Waals surface area contributed by atoms with Crippen molar-refractivity contribution in [3.05, 3.63) is 18.2 Å². The number of aryl methyl sites for hydroxylation is 1. The van der Waals surface area contributed by atoms with Crippen LogP contribution in [0.4, 0.5) is 0 Å². The zero-order chi connectivity index (χ0) is 10.4. The van der Waals surface area contributed by atoms with Crippen molar-refractivity contribution in [1.29, 1.82) is 0 Å². The van der Waals surface area contributed by atoms with Gasteiger partial charge in [-0.05, 0) is 6.42 Å². The number of nitrogens with zero attached hydrogens (tertiary/aromatic N) is 2. The van der Waals surface area contributed by atoms with Gasteiger partial charge >= 0.3 is 5.97 Å². The number of hydrogen-bond acceptors (Lipinski definition) is 4. The molecule has 0 atom stereocenters. The second-order valence-electron chi connectivity index (χ2n) is 2.89. The minimum atomic E-state index is -0.266. The smallest absolute Gasteiger partial charge is 0.302 e. The first-order valence-electron chi connectivity index (χ1n) is 4.48. The van der Waals surface area contributed by atoms with Crippen LogP contribution in [-0.4, -0.2) is 27.2 Å². The number of hydrogen-bond donors (Lipinski definition) is 1. The molecule has 1 aromatic rings. The Morgan fingerprint density at radius 3 is 3.14 bits per heavy atom. The van der Waals surface area contributed by atoms with Crippen LogP contribution in [0.15, 0.2) is 12.4 Å². The Balaban J connectivity index is 2.27. The second-order valence-corrected chi connectivity index (χ2v) is 2.89. The third-order valence-corrected chi connectivity index (χ3v) is 1.79. The lowest BCUT2D eigenvalue weighted by atomic mass is 10.4. The summed E-state index contributed by atoms with van der Waals surface area (Å²) >= 11 is 0. The Bertz CT molecular complexity index is 296. The Hall–Kier alpha value is -1.36. The first-order valence-corrected chi connectivity index (χ1v) is 4.48. The summed E-state index contributed by atoms with van der Waals surface area (Å²) in [6.07, 6.45) is 4.15. The van der Waals surface area contributed by atoms with Gasteiger partial charge in [-0.25, -0.2) is 4.98 Å². The van der Waals surface area contributed by atoms with E-state index in [-0.39, 0.29) is 12.6 Å².